The molecule has 0 bridgehead atoms. The zero-order chi connectivity index (χ0) is 28.5. The van der Waals surface area contributed by atoms with Gasteiger partial charge in [-0.3, -0.25) is 14.7 Å². The number of benzene rings is 2. The van der Waals surface area contributed by atoms with E-state index in [0.29, 0.717) is 5.57 Å². The molecule has 0 atom stereocenters. The maximum absolute atomic E-state index is 12.5. The first-order chi connectivity index (χ1) is 19.4. The van der Waals surface area contributed by atoms with E-state index in [4.69, 9.17) is 9.47 Å². The van der Waals surface area contributed by atoms with Crippen LogP contribution in [0.2, 0.25) is 0 Å². The Kier molecular flexibility index (Phi) is 10.5. The highest BCUT2D eigenvalue weighted by atomic mass is 16.5. The molecule has 2 aromatic carbocycles. The van der Waals surface area contributed by atoms with E-state index in [1.54, 1.807) is 13.3 Å². The highest BCUT2D eigenvalue weighted by molar-refractivity contribution is 6.35. The summed E-state index contributed by atoms with van der Waals surface area (Å²) in [5.41, 5.74) is 7.39. The first-order valence-corrected chi connectivity index (χ1v) is 14.5. The highest BCUT2D eigenvalue weighted by Crippen LogP contribution is 2.39. The molecule has 3 aromatic rings. The van der Waals surface area contributed by atoms with E-state index in [1.807, 2.05) is 55.5 Å². The van der Waals surface area contributed by atoms with Gasteiger partial charge < -0.3 is 14.8 Å². The third-order valence-corrected chi connectivity index (χ3v) is 7.49. The predicted octanol–water partition coefficient (Wildman–Crippen LogP) is 7.15. The molecule has 0 spiro atoms. The molecular formula is C34H43N3O3. The fraction of sp³-hybridized carbons (Fsp3) is 0.412. The van der Waals surface area contributed by atoms with Crippen molar-refractivity contribution in [3.8, 4) is 16.9 Å². The second kappa shape index (κ2) is 14.2. The molecule has 0 unspecified atom stereocenters. The minimum Gasteiger partial charge on any atom is -0.496 e. The van der Waals surface area contributed by atoms with E-state index in [-0.39, 0.29) is 5.91 Å². The zero-order valence-corrected chi connectivity index (χ0v) is 24.6. The smallest absolute Gasteiger partial charge is 0.256 e. The molecule has 5 rings (SSSR count). The first-order valence-electron chi connectivity index (χ1n) is 14.5. The zero-order valence-electron chi connectivity index (χ0n) is 24.6. The number of carbonyl (C=O) groups is 1. The molecule has 6 nitrogen and oxygen atoms in total. The summed E-state index contributed by atoms with van der Waals surface area (Å²) >= 11 is 0. The van der Waals surface area contributed by atoms with Gasteiger partial charge in [0.15, 0.2) is 0 Å². The van der Waals surface area contributed by atoms with Gasteiger partial charge >= 0.3 is 0 Å². The van der Waals surface area contributed by atoms with Crippen molar-refractivity contribution in [3.63, 3.8) is 0 Å². The Balaban J connectivity index is 0.000000240. The molecule has 6 heteroatoms. The summed E-state index contributed by atoms with van der Waals surface area (Å²) in [6, 6.07) is 16.6. The quantitative estimate of drug-likeness (QED) is 0.218. The summed E-state index contributed by atoms with van der Waals surface area (Å²) < 4.78 is 10.8. The number of aromatic nitrogens is 1. The van der Waals surface area contributed by atoms with Crippen molar-refractivity contribution < 1.29 is 14.3 Å². The number of nitrogens with zero attached hydrogens (tertiary/aromatic N) is 2. The van der Waals surface area contributed by atoms with E-state index in [0.717, 1.165) is 64.2 Å². The van der Waals surface area contributed by atoms with Crippen LogP contribution in [-0.4, -0.2) is 55.2 Å². The molecular weight excluding hydrogens is 498 g/mol. The molecule has 0 radical (unpaired) electrons. The number of anilines is 1. The Morgan fingerprint density at radius 3 is 2.52 bits per heavy atom. The molecule has 3 heterocycles. The normalized spacial score (nSPS) is 15.3. The summed E-state index contributed by atoms with van der Waals surface area (Å²) in [5.74, 6) is 0.722. The largest absolute Gasteiger partial charge is 0.496 e. The van der Waals surface area contributed by atoms with Crippen LogP contribution in [0, 0.1) is 13.8 Å². The molecule has 1 N–H and O–H groups in total. The molecule has 212 valence electrons. The Labute approximate surface area is 239 Å². The van der Waals surface area contributed by atoms with Crippen LogP contribution in [0.15, 0.2) is 54.7 Å². The van der Waals surface area contributed by atoms with Crippen molar-refractivity contribution in [2.24, 2.45) is 0 Å². The third kappa shape index (κ3) is 7.18. The van der Waals surface area contributed by atoms with Crippen molar-refractivity contribution in [3.05, 3.63) is 77.1 Å². The van der Waals surface area contributed by atoms with E-state index in [1.165, 1.54) is 38.8 Å². The van der Waals surface area contributed by atoms with Crippen LogP contribution < -0.4 is 10.1 Å². The molecule has 40 heavy (non-hydrogen) atoms. The van der Waals surface area contributed by atoms with Crippen LogP contribution in [0.3, 0.4) is 0 Å². The van der Waals surface area contributed by atoms with Gasteiger partial charge in [0.05, 0.1) is 26.4 Å². The summed E-state index contributed by atoms with van der Waals surface area (Å²) in [6.07, 6.45) is 8.97. The average molecular weight is 542 g/mol. The topological polar surface area (TPSA) is 63.7 Å². The number of nitrogens with one attached hydrogen (secondary N) is 1. The van der Waals surface area contributed by atoms with Gasteiger partial charge in [-0.2, -0.15) is 0 Å². The van der Waals surface area contributed by atoms with Crippen molar-refractivity contribution in [1.29, 1.82) is 0 Å². The lowest BCUT2D eigenvalue weighted by molar-refractivity contribution is -0.110. The monoisotopic (exact) mass is 541 g/mol. The summed E-state index contributed by atoms with van der Waals surface area (Å²) in [5, 5.41) is 2.94. The van der Waals surface area contributed by atoms with E-state index in [2.05, 4.69) is 42.0 Å². The number of hydrogen-bond acceptors (Lipinski definition) is 5. The van der Waals surface area contributed by atoms with Crippen LogP contribution in [0.1, 0.15) is 61.9 Å². The number of rotatable bonds is 10. The van der Waals surface area contributed by atoms with Crippen LogP contribution in [0.5, 0.6) is 5.75 Å². The first kappa shape index (κ1) is 29.5. The highest BCUT2D eigenvalue weighted by Gasteiger charge is 2.26. The Bertz CT molecular complexity index is 1310. The summed E-state index contributed by atoms with van der Waals surface area (Å²) in [6.45, 7) is 13.0. The van der Waals surface area contributed by atoms with Crippen LogP contribution in [-0.2, 0) is 9.53 Å². The Hall–Kier alpha value is -3.48. The second-order valence-electron chi connectivity index (χ2n) is 10.6. The lowest BCUT2D eigenvalue weighted by Crippen LogP contribution is -2.49. The maximum atomic E-state index is 12.5. The number of hydrogen-bond donors (Lipinski definition) is 1. The van der Waals surface area contributed by atoms with Gasteiger partial charge in [0.1, 0.15) is 5.75 Å². The molecule has 0 aliphatic carbocycles. The van der Waals surface area contributed by atoms with Crippen LogP contribution >= 0.6 is 0 Å². The van der Waals surface area contributed by atoms with Gasteiger partial charge in [0, 0.05) is 34.3 Å². The average Bonchev–Trinajstić information content (AvgIpc) is 3.23. The number of fused-ring (bicyclic) bond motifs is 1. The summed E-state index contributed by atoms with van der Waals surface area (Å²) in [7, 11) is 1.67. The fourth-order valence-electron chi connectivity index (χ4n) is 5.16. The van der Waals surface area contributed by atoms with Gasteiger partial charge in [-0.05, 0) is 86.8 Å². The van der Waals surface area contributed by atoms with Gasteiger partial charge in [-0.15, -0.1) is 0 Å². The standard InChI is InChI=1S/C23H20N2O2.C11H23NO/c1-14-5-4-6-21(27-3)22(14)17-9-10-20-18(12-17)19(23(26)25-20)11-16-8-7-15(2)24-13-16;1-3-5-6-8-12(7-4-2)11-9-13-10-11/h4-13H,1-3H3,(H,25,26);11H,3-10H2,1-2H3/b19-11-;. The second-order valence-corrected chi connectivity index (χ2v) is 10.6. The molecule has 1 aromatic heterocycles. The number of amides is 1. The van der Waals surface area contributed by atoms with Crippen LogP contribution in [0.25, 0.3) is 22.8 Å². The van der Waals surface area contributed by atoms with E-state index >= 15 is 0 Å². The number of unbranched alkanes of at least 4 members (excludes halogenated alkanes) is 2. The minimum atomic E-state index is -0.0977. The van der Waals surface area contributed by atoms with Gasteiger partial charge in [0.25, 0.3) is 5.91 Å². The lowest BCUT2D eigenvalue weighted by Gasteiger charge is -2.37. The van der Waals surface area contributed by atoms with Crippen LogP contribution in [0.4, 0.5) is 5.69 Å². The van der Waals surface area contributed by atoms with Crippen molar-refractivity contribution in [1.82, 2.24) is 9.88 Å². The maximum Gasteiger partial charge on any atom is 0.256 e. The number of ether oxygens (including phenoxy) is 2. The number of methoxy groups -OCH3 is 1. The molecule has 1 saturated heterocycles. The van der Waals surface area contributed by atoms with Gasteiger partial charge in [-0.25, -0.2) is 0 Å². The molecule has 1 fully saturated rings. The Morgan fingerprint density at radius 2 is 1.88 bits per heavy atom. The van der Waals surface area contributed by atoms with Gasteiger partial charge in [0.2, 0.25) is 0 Å². The lowest BCUT2D eigenvalue weighted by atomic mass is 9.95. The third-order valence-electron chi connectivity index (χ3n) is 7.49. The number of pyridine rings is 1. The van der Waals surface area contributed by atoms with Crippen molar-refractivity contribution in [2.45, 2.75) is 59.4 Å². The fourth-order valence-corrected chi connectivity index (χ4v) is 5.16. The summed E-state index contributed by atoms with van der Waals surface area (Å²) in [4.78, 5) is 19.4. The number of carbonyl (C=O) groups excluding carboxylic acids is 1. The minimum absolute atomic E-state index is 0.0977. The van der Waals surface area contributed by atoms with E-state index < -0.39 is 0 Å². The van der Waals surface area contributed by atoms with Crippen molar-refractivity contribution in [2.75, 3.05) is 38.7 Å². The Morgan fingerprint density at radius 1 is 1.05 bits per heavy atom. The molecule has 2 aliphatic rings. The number of aryl methyl sites for hydroxylation is 2. The van der Waals surface area contributed by atoms with E-state index in [9.17, 15) is 4.79 Å². The molecule has 2 aliphatic heterocycles. The SMILES string of the molecule is CCCCCN(CCC)C1COC1.COc1cccc(C)c1-c1ccc2c(c1)/C(=C/c1ccc(C)nc1)C(=O)N2. The predicted molar refractivity (Wildman–Crippen MR) is 165 cm³/mol. The molecule has 0 saturated carbocycles. The molecule has 1 amide bonds. The van der Waals surface area contributed by atoms with Crippen molar-refractivity contribution >= 4 is 23.2 Å². The van der Waals surface area contributed by atoms with Gasteiger partial charge in [-0.1, -0.05) is 51.0 Å².